The molecule has 1 heterocycles. The first-order valence-electron chi connectivity index (χ1n) is 5.67. The van der Waals surface area contributed by atoms with Crippen molar-refractivity contribution in [2.45, 2.75) is 0 Å². The normalized spacial score (nSPS) is 12.0. The Morgan fingerprint density at radius 3 is 2.61 bits per heavy atom. The van der Waals surface area contributed by atoms with E-state index in [0.717, 1.165) is 0 Å². The van der Waals surface area contributed by atoms with Gasteiger partial charge in [0.05, 0.1) is 0 Å². The predicted octanol–water partition coefficient (Wildman–Crippen LogP) is 1.85. The van der Waals surface area contributed by atoms with E-state index in [1.165, 1.54) is 6.07 Å². The van der Waals surface area contributed by atoms with E-state index in [4.69, 9.17) is 0 Å². The fourth-order valence-electron chi connectivity index (χ4n) is 1.79. The van der Waals surface area contributed by atoms with Gasteiger partial charge in [0.1, 0.15) is 11.4 Å². The summed E-state index contributed by atoms with van der Waals surface area (Å²) in [6.07, 6.45) is 5.22. The average molecular weight is 247 g/mol. The van der Waals surface area contributed by atoms with Crippen molar-refractivity contribution in [3.05, 3.63) is 18.5 Å². The van der Waals surface area contributed by atoms with Crippen LogP contribution in [0.5, 0.6) is 11.5 Å². The van der Waals surface area contributed by atoms with Crippen molar-refractivity contribution >= 4 is 22.7 Å². The molecule has 5 nitrogen and oxygen atoms in total. The van der Waals surface area contributed by atoms with Crippen molar-refractivity contribution in [2.24, 2.45) is 12.0 Å². The number of aryl methyl sites for hydroxylation is 1. The number of rotatable bonds is 3. The fourth-order valence-corrected chi connectivity index (χ4v) is 1.79. The van der Waals surface area contributed by atoms with E-state index in [-0.39, 0.29) is 11.5 Å². The fraction of sp³-hybridized carbons (Fsp3) is 0.308. The van der Waals surface area contributed by atoms with E-state index in [2.05, 4.69) is 4.99 Å². The van der Waals surface area contributed by atoms with Crippen LogP contribution in [0.4, 0.5) is 5.69 Å². The summed E-state index contributed by atoms with van der Waals surface area (Å²) >= 11 is 0. The van der Waals surface area contributed by atoms with Gasteiger partial charge in [0.2, 0.25) is 0 Å². The maximum Gasteiger partial charge on any atom is 0.150 e. The van der Waals surface area contributed by atoms with Crippen LogP contribution in [0.25, 0.3) is 10.8 Å². The Morgan fingerprint density at radius 2 is 1.94 bits per heavy atom. The Kier molecular flexibility index (Phi) is 3.25. The zero-order valence-corrected chi connectivity index (χ0v) is 10.8. The van der Waals surface area contributed by atoms with Gasteiger partial charge >= 0.3 is 0 Å². The predicted molar refractivity (Wildman–Crippen MR) is 73.0 cm³/mol. The van der Waals surface area contributed by atoms with Gasteiger partial charge in [0.25, 0.3) is 0 Å². The summed E-state index contributed by atoms with van der Waals surface area (Å²) in [6.45, 7) is 0.674. The van der Waals surface area contributed by atoms with Crippen LogP contribution in [0.1, 0.15) is 0 Å². The van der Waals surface area contributed by atoms with E-state index >= 15 is 0 Å². The molecule has 0 saturated heterocycles. The SMILES string of the molecule is CN(C)CC=Nc1cc(O)c2cn(C)cc2c1O. The molecule has 2 aromatic rings. The summed E-state index contributed by atoms with van der Waals surface area (Å²) in [5.74, 6) is 0.221. The maximum atomic E-state index is 10.1. The Bertz CT molecular complexity index is 600. The number of phenolic OH excluding ortho intramolecular Hbond substituents is 2. The summed E-state index contributed by atoms with van der Waals surface area (Å²) in [6, 6.07) is 1.48. The Hall–Kier alpha value is -2.01. The minimum atomic E-state index is 0.0957. The van der Waals surface area contributed by atoms with Gasteiger partial charge in [-0.05, 0) is 14.1 Å². The third kappa shape index (κ3) is 2.31. The van der Waals surface area contributed by atoms with Crippen LogP contribution in [-0.2, 0) is 7.05 Å². The first-order valence-corrected chi connectivity index (χ1v) is 5.67. The van der Waals surface area contributed by atoms with Gasteiger partial charge in [-0.25, -0.2) is 0 Å². The van der Waals surface area contributed by atoms with Gasteiger partial charge in [-0.3, -0.25) is 4.99 Å². The molecule has 18 heavy (non-hydrogen) atoms. The van der Waals surface area contributed by atoms with E-state index in [1.54, 1.807) is 23.2 Å². The van der Waals surface area contributed by atoms with Gasteiger partial charge in [0.15, 0.2) is 5.75 Å². The smallest absolute Gasteiger partial charge is 0.150 e. The number of fused-ring (bicyclic) bond motifs is 1. The van der Waals surface area contributed by atoms with Crippen molar-refractivity contribution in [1.82, 2.24) is 9.47 Å². The molecule has 1 aromatic heterocycles. The van der Waals surface area contributed by atoms with Gasteiger partial charge < -0.3 is 19.7 Å². The third-order valence-electron chi connectivity index (χ3n) is 2.68. The lowest BCUT2D eigenvalue weighted by Crippen LogP contribution is -2.13. The van der Waals surface area contributed by atoms with Crippen LogP contribution < -0.4 is 0 Å². The van der Waals surface area contributed by atoms with Gasteiger partial charge in [0, 0.05) is 49.0 Å². The summed E-state index contributed by atoms with van der Waals surface area (Å²) in [5.41, 5.74) is 0.382. The molecule has 0 spiro atoms. The highest BCUT2D eigenvalue weighted by atomic mass is 16.3. The topological polar surface area (TPSA) is 61.0 Å². The largest absolute Gasteiger partial charge is 0.507 e. The summed E-state index contributed by atoms with van der Waals surface area (Å²) < 4.78 is 1.79. The molecule has 0 saturated carbocycles. The molecule has 0 atom stereocenters. The van der Waals surface area contributed by atoms with Crippen LogP contribution in [-0.4, -0.2) is 46.5 Å². The lowest BCUT2D eigenvalue weighted by molar-refractivity contribution is 0.469. The Balaban J connectivity index is 2.46. The molecule has 0 bridgehead atoms. The highest BCUT2D eigenvalue weighted by Crippen LogP contribution is 2.40. The van der Waals surface area contributed by atoms with Crippen molar-refractivity contribution in [3.63, 3.8) is 0 Å². The number of nitrogens with zero attached hydrogens (tertiary/aromatic N) is 3. The lowest BCUT2D eigenvalue weighted by atomic mass is 10.1. The van der Waals surface area contributed by atoms with Crippen LogP contribution in [0, 0.1) is 0 Å². The minimum absolute atomic E-state index is 0.0957. The molecule has 5 heteroatoms. The zero-order valence-electron chi connectivity index (χ0n) is 10.8. The van der Waals surface area contributed by atoms with E-state index in [9.17, 15) is 10.2 Å². The second-order valence-corrected chi connectivity index (χ2v) is 4.59. The molecule has 2 N–H and O–H groups in total. The first-order chi connectivity index (χ1) is 8.49. The van der Waals surface area contributed by atoms with Crippen LogP contribution in [0.3, 0.4) is 0 Å². The maximum absolute atomic E-state index is 10.1. The second-order valence-electron chi connectivity index (χ2n) is 4.59. The average Bonchev–Trinajstić information content (AvgIpc) is 2.67. The van der Waals surface area contributed by atoms with E-state index in [0.29, 0.717) is 23.0 Å². The lowest BCUT2D eigenvalue weighted by Gasteiger charge is -2.05. The van der Waals surface area contributed by atoms with Gasteiger partial charge in [-0.2, -0.15) is 0 Å². The molecule has 0 unspecified atom stereocenters. The number of aromatic hydroxyl groups is 2. The molecule has 0 radical (unpaired) electrons. The van der Waals surface area contributed by atoms with E-state index < -0.39 is 0 Å². The Labute approximate surface area is 106 Å². The van der Waals surface area contributed by atoms with Crippen molar-refractivity contribution < 1.29 is 10.2 Å². The molecular weight excluding hydrogens is 230 g/mol. The first kappa shape index (κ1) is 12.4. The number of hydrogen-bond acceptors (Lipinski definition) is 4. The number of aliphatic imine (C=N–C) groups is 1. The monoisotopic (exact) mass is 247 g/mol. The molecule has 0 aliphatic heterocycles. The molecule has 0 amide bonds. The van der Waals surface area contributed by atoms with Gasteiger partial charge in [-0.15, -0.1) is 0 Å². The number of phenols is 2. The van der Waals surface area contributed by atoms with Crippen LogP contribution in [0.15, 0.2) is 23.5 Å². The second kappa shape index (κ2) is 4.70. The molecule has 0 fully saturated rings. The number of benzene rings is 1. The molecule has 2 rings (SSSR count). The van der Waals surface area contributed by atoms with Crippen LogP contribution in [0.2, 0.25) is 0 Å². The quantitative estimate of drug-likeness (QED) is 0.643. The van der Waals surface area contributed by atoms with Crippen molar-refractivity contribution in [2.75, 3.05) is 20.6 Å². The van der Waals surface area contributed by atoms with Crippen molar-refractivity contribution in [3.8, 4) is 11.5 Å². The van der Waals surface area contributed by atoms with Crippen molar-refractivity contribution in [1.29, 1.82) is 0 Å². The van der Waals surface area contributed by atoms with Gasteiger partial charge in [-0.1, -0.05) is 0 Å². The Morgan fingerprint density at radius 1 is 1.28 bits per heavy atom. The van der Waals surface area contributed by atoms with Crippen LogP contribution >= 0.6 is 0 Å². The number of hydrogen-bond donors (Lipinski definition) is 2. The minimum Gasteiger partial charge on any atom is -0.507 e. The molecular formula is C13H17N3O2. The zero-order chi connectivity index (χ0) is 13.3. The summed E-state index contributed by atoms with van der Waals surface area (Å²) in [4.78, 5) is 6.14. The standard InChI is InChI=1S/C13H17N3O2/c1-15(2)5-4-14-11-6-12(17)9-7-16(3)8-10(9)13(11)18/h4,6-8,17-18H,5H2,1-3H3. The summed E-state index contributed by atoms with van der Waals surface area (Å²) in [5, 5.41) is 21.2. The molecule has 0 aliphatic rings. The molecule has 0 aliphatic carbocycles. The highest BCUT2D eigenvalue weighted by Gasteiger charge is 2.11. The van der Waals surface area contributed by atoms with E-state index in [1.807, 2.05) is 26.0 Å². The summed E-state index contributed by atoms with van der Waals surface area (Å²) in [7, 11) is 5.71. The third-order valence-corrected chi connectivity index (χ3v) is 2.68. The molecule has 1 aromatic carbocycles. The highest BCUT2D eigenvalue weighted by molar-refractivity contribution is 5.97. The molecule has 96 valence electrons. The number of aromatic nitrogens is 1.